The second-order valence-corrected chi connectivity index (χ2v) is 7.34. The number of nitrogens with one attached hydrogen (secondary N) is 1. The van der Waals surface area contributed by atoms with E-state index in [1.54, 1.807) is 0 Å². The first-order valence-electron chi connectivity index (χ1n) is 10.6. The second-order valence-electron chi connectivity index (χ2n) is 7.34. The molecule has 1 atom stereocenters. The summed E-state index contributed by atoms with van der Waals surface area (Å²) in [4.78, 5) is 23.8. The largest absolute Gasteiger partial charge is 0.494 e. The van der Waals surface area contributed by atoms with Crippen molar-refractivity contribution in [3.8, 4) is 5.75 Å². The van der Waals surface area contributed by atoms with Crippen molar-refractivity contribution in [1.29, 1.82) is 0 Å². The maximum atomic E-state index is 12.2. The van der Waals surface area contributed by atoms with E-state index in [1.165, 1.54) is 0 Å². The summed E-state index contributed by atoms with van der Waals surface area (Å²) in [5, 5.41) is 12.1. The second kappa shape index (κ2) is 15.3. The van der Waals surface area contributed by atoms with Crippen molar-refractivity contribution in [2.75, 3.05) is 13.2 Å². The van der Waals surface area contributed by atoms with Crippen LogP contribution in [0.15, 0.2) is 54.6 Å². The summed E-state index contributed by atoms with van der Waals surface area (Å²) < 4.78 is 5.71. The van der Waals surface area contributed by atoms with Crippen LogP contribution in [0.3, 0.4) is 0 Å². The number of benzene rings is 2. The molecule has 2 aromatic carbocycles. The third-order valence-corrected chi connectivity index (χ3v) is 4.85. The summed E-state index contributed by atoms with van der Waals surface area (Å²) in [6.45, 7) is 1.38. The van der Waals surface area contributed by atoms with Crippen molar-refractivity contribution >= 4 is 24.3 Å². The molecule has 0 radical (unpaired) electrons. The summed E-state index contributed by atoms with van der Waals surface area (Å²) in [5.74, 6) is -0.543. The van der Waals surface area contributed by atoms with E-state index in [1.807, 2.05) is 54.6 Å². The van der Waals surface area contributed by atoms with Crippen LogP contribution in [-0.2, 0) is 22.4 Å². The molecule has 170 valence electrons. The molecule has 0 bridgehead atoms. The van der Waals surface area contributed by atoms with Crippen molar-refractivity contribution in [2.45, 2.75) is 51.0 Å². The standard InChI is InChI=1S/C24H32N2O4.ClH/c25-16-6-1-2-7-17-30-21-13-10-20(11-14-21)18-22(24(28)29)26-23(27)15-12-19-8-4-3-5-9-19;/h3-5,8-11,13-14,22H,1-2,6-7,12,15-18,25H2,(H,26,27)(H,28,29);1H. The van der Waals surface area contributed by atoms with Crippen molar-refractivity contribution < 1.29 is 19.4 Å². The zero-order valence-corrected chi connectivity index (χ0v) is 18.6. The predicted molar refractivity (Wildman–Crippen MR) is 125 cm³/mol. The highest BCUT2D eigenvalue weighted by Crippen LogP contribution is 2.15. The zero-order valence-electron chi connectivity index (χ0n) is 17.8. The average Bonchev–Trinajstić information content (AvgIpc) is 2.76. The van der Waals surface area contributed by atoms with Gasteiger partial charge in [-0.25, -0.2) is 4.79 Å². The first-order chi connectivity index (χ1) is 14.6. The SMILES string of the molecule is Cl.NCCCCCCOc1ccc(CC(NC(=O)CCc2ccccc2)C(=O)O)cc1. The first-order valence-corrected chi connectivity index (χ1v) is 10.6. The molecule has 0 spiro atoms. The molecule has 1 unspecified atom stereocenters. The number of hydrogen-bond donors (Lipinski definition) is 3. The van der Waals surface area contributed by atoms with Gasteiger partial charge in [0.15, 0.2) is 0 Å². The number of carboxylic acids is 1. The Balaban J connectivity index is 0.00000480. The Morgan fingerprint density at radius 3 is 2.26 bits per heavy atom. The van der Waals surface area contributed by atoms with Gasteiger partial charge in [-0.3, -0.25) is 4.79 Å². The number of nitrogens with two attached hydrogens (primary N) is 1. The number of rotatable bonds is 14. The zero-order chi connectivity index (χ0) is 21.6. The van der Waals surface area contributed by atoms with Crippen LogP contribution >= 0.6 is 12.4 Å². The maximum Gasteiger partial charge on any atom is 0.326 e. The number of ether oxygens (including phenoxy) is 1. The molecule has 0 saturated carbocycles. The van der Waals surface area contributed by atoms with Crippen molar-refractivity contribution in [2.24, 2.45) is 5.73 Å². The van der Waals surface area contributed by atoms with E-state index in [4.69, 9.17) is 10.5 Å². The highest BCUT2D eigenvalue weighted by Gasteiger charge is 2.20. The normalized spacial score (nSPS) is 11.3. The molecule has 0 saturated heterocycles. The van der Waals surface area contributed by atoms with E-state index in [2.05, 4.69) is 5.32 Å². The molecule has 0 aromatic heterocycles. The molecule has 0 aliphatic heterocycles. The fraction of sp³-hybridized carbons (Fsp3) is 0.417. The lowest BCUT2D eigenvalue weighted by Crippen LogP contribution is -2.42. The van der Waals surface area contributed by atoms with Crippen LogP contribution in [0.25, 0.3) is 0 Å². The van der Waals surface area contributed by atoms with Crippen LogP contribution < -0.4 is 15.8 Å². The van der Waals surface area contributed by atoms with Crippen molar-refractivity contribution in [1.82, 2.24) is 5.32 Å². The van der Waals surface area contributed by atoms with Gasteiger partial charge in [-0.05, 0) is 49.1 Å². The Labute approximate surface area is 190 Å². The van der Waals surface area contributed by atoms with Crippen LogP contribution in [-0.4, -0.2) is 36.2 Å². The quantitative estimate of drug-likeness (QED) is 0.382. The third-order valence-electron chi connectivity index (χ3n) is 4.85. The van der Waals surface area contributed by atoms with E-state index < -0.39 is 12.0 Å². The van der Waals surface area contributed by atoms with Crippen LogP contribution in [0.1, 0.15) is 43.2 Å². The summed E-state index contributed by atoms with van der Waals surface area (Å²) >= 11 is 0. The lowest BCUT2D eigenvalue weighted by molar-refractivity contribution is -0.141. The molecule has 0 heterocycles. The van der Waals surface area contributed by atoms with Crippen molar-refractivity contribution in [3.63, 3.8) is 0 Å². The van der Waals surface area contributed by atoms with Crippen LogP contribution in [0, 0.1) is 0 Å². The highest BCUT2D eigenvalue weighted by molar-refractivity contribution is 5.85. The summed E-state index contributed by atoms with van der Waals surface area (Å²) in [5.41, 5.74) is 7.36. The predicted octanol–water partition coefficient (Wildman–Crippen LogP) is 3.75. The topological polar surface area (TPSA) is 102 Å². The maximum absolute atomic E-state index is 12.2. The van der Waals surface area contributed by atoms with Gasteiger partial charge < -0.3 is 20.9 Å². The molecule has 0 aliphatic carbocycles. The summed E-state index contributed by atoms with van der Waals surface area (Å²) in [7, 11) is 0. The number of carbonyl (C=O) groups is 2. The van der Waals surface area contributed by atoms with Gasteiger partial charge >= 0.3 is 5.97 Å². The smallest absolute Gasteiger partial charge is 0.326 e. The molecule has 1 amide bonds. The summed E-state index contributed by atoms with van der Waals surface area (Å²) in [6, 6.07) is 16.1. The molecule has 4 N–H and O–H groups in total. The minimum Gasteiger partial charge on any atom is -0.494 e. The van der Waals surface area contributed by atoms with E-state index in [0.717, 1.165) is 49.1 Å². The van der Waals surface area contributed by atoms with Gasteiger partial charge in [0.1, 0.15) is 11.8 Å². The first kappa shape index (κ1) is 26.5. The Hall–Kier alpha value is -2.57. The number of amides is 1. The minimum atomic E-state index is -1.04. The number of carboxylic acid groups (broad SMARTS) is 1. The van der Waals surface area contributed by atoms with Gasteiger partial charge in [0.05, 0.1) is 6.61 Å². The minimum absolute atomic E-state index is 0. The summed E-state index contributed by atoms with van der Waals surface area (Å²) in [6.07, 6.45) is 5.31. The van der Waals surface area contributed by atoms with Gasteiger partial charge in [-0.2, -0.15) is 0 Å². The Morgan fingerprint density at radius 1 is 0.935 bits per heavy atom. The van der Waals surface area contributed by atoms with Crippen LogP contribution in [0.5, 0.6) is 5.75 Å². The van der Waals surface area contributed by atoms with E-state index in [-0.39, 0.29) is 31.2 Å². The Bertz CT molecular complexity index is 769. The fourth-order valence-electron chi connectivity index (χ4n) is 3.12. The number of halogens is 1. The van der Waals surface area contributed by atoms with E-state index in [9.17, 15) is 14.7 Å². The lowest BCUT2D eigenvalue weighted by atomic mass is 10.0. The highest BCUT2D eigenvalue weighted by atomic mass is 35.5. The average molecular weight is 449 g/mol. The lowest BCUT2D eigenvalue weighted by Gasteiger charge is -2.15. The van der Waals surface area contributed by atoms with Gasteiger partial charge in [-0.15, -0.1) is 12.4 Å². The van der Waals surface area contributed by atoms with Gasteiger partial charge in [0.2, 0.25) is 5.91 Å². The number of aliphatic carboxylic acids is 1. The number of aryl methyl sites for hydroxylation is 1. The molecule has 7 heteroatoms. The van der Waals surface area contributed by atoms with Gasteiger partial charge in [-0.1, -0.05) is 55.3 Å². The fourth-order valence-corrected chi connectivity index (χ4v) is 3.12. The van der Waals surface area contributed by atoms with Gasteiger partial charge in [0.25, 0.3) is 0 Å². The van der Waals surface area contributed by atoms with E-state index in [0.29, 0.717) is 13.0 Å². The molecule has 31 heavy (non-hydrogen) atoms. The number of hydrogen-bond acceptors (Lipinski definition) is 4. The third kappa shape index (κ3) is 10.9. The van der Waals surface area contributed by atoms with Crippen LogP contribution in [0.2, 0.25) is 0 Å². The molecule has 6 nitrogen and oxygen atoms in total. The molecule has 0 fully saturated rings. The Kier molecular flexibility index (Phi) is 13.0. The van der Waals surface area contributed by atoms with Gasteiger partial charge in [0, 0.05) is 12.8 Å². The molecule has 2 rings (SSSR count). The monoisotopic (exact) mass is 448 g/mol. The Morgan fingerprint density at radius 2 is 1.61 bits per heavy atom. The van der Waals surface area contributed by atoms with E-state index >= 15 is 0 Å². The molecule has 0 aliphatic rings. The molecular formula is C24H33ClN2O4. The number of carbonyl (C=O) groups excluding carboxylic acids is 1. The molecular weight excluding hydrogens is 416 g/mol. The molecule has 2 aromatic rings. The number of unbranched alkanes of at least 4 members (excludes halogenated alkanes) is 3. The van der Waals surface area contributed by atoms with Crippen molar-refractivity contribution in [3.05, 3.63) is 65.7 Å². The van der Waals surface area contributed by atoms with Crippen LogP contribution in [0.4, 0.5) is 0 Å².